The lowest BCUT2D eigenvalue weighted by Crippen LogP contribution is -2.28. The van der Waals surface area contributed by atoms with Gasteiger partial charge in [0.2, 0.25) is 0 Å². The number of methoxy groups -OCH3 is 1. The molecule has 0 radical (unpaired) electrons. The molecule has 0 spiro atoms. The fourth-order valence-corrected chi connectivity index (χ4v) is 3.43. The number of rotatable bonds is 5. The molecule has 0 aliphatic rings. The summed E-state index contributed by atoms with van der Waals surface area (Å²) >= 11 is 3.41. The normalized spacial score (nSPS) is 11.7. The van der Waals surface area contributed by atoms with Gasteiger partial charge in [-0.25, -0.2) is 14.4 Å². The number of aromatic nitrogens is 1. The van der Waals surface area contributed by atoms with E-state index in [0.717, 1.165) is 10.0 Å². The van der Waals surface area contributed by atoms with Crippen LogP contribution in [0.5, 0.6) is 0 Å². The van der Waals surface area contributed by atoms with E-state index in [0.29, 0.717) is 16.5 Å². The minimum atomic E-state index is -0.820. The number of nitrogens with one attached hydrogen (secondary N) is 1. The number of halogens is 1. The molecule has 1 heterocycles. The van der Waals surface area contributed by atoms with Crippen molar-refractivity contribution in [2.75, 3.05) is 7.11 Å². The van der Waals surface area contributed by atoms with Crippen molar-refractivity contribution in [1.29, 1.82) is 0 Å². The van der Waals surface area contributed by atoms with Crippen LogP contribution in [-0.4, -0.2) is 35.4 Å². The van der Waals surface area contributed by atoms with Gasteiger partial charge in [0.15, 0.2) is 0 Å². The minimum absolute atomic E-state index is 0.0348. The van der Waals surface area contributed by atoms with Gasteiger partial charge in [0.05, 0.1) is 12.6 Å². The summed E-state index contributed by atoms with van der Waals surface area (Å²) in [6.07, 6.45) is 1.56. The maximum absolute atomic E-state index is 12.8. The molecule has 0 fully saturated rings. The molecule has 1 N–H and O–H groups in total. The lowest BCUT2D eigenvalue weighted by molar-refractivity contribution is -0.136. The van der Waals surface area contributed by atoms with Gasteiger partial charge in [0.25, 0.3) is 0 Å². The summed E-state index contributed by atoms with van der Waals surface area (Å²) in [5, 5.41) is 3.09. The van der Waals surface area contributed by atoms with E-state index in [4.69, 9.17) is 14.2 Å². The van der Waals surface area contributed by atoms with Crippen molar-refractivity contribution < 1.29 is 28.6 Å². The Hall–Kier alpha value is -3.59. The molecule has 1 aromatic heterocycles. The average Bonchev–Trinajstić information content (AvgIpc) is 3.13. The first-order valence-electron chi connectivity index (χ1n) is 10.4. The second-order valence-electron chi connectivity index (χ2n) is 8.33. The van der Waals surface area contributed by atoms with Gasteiger partial charge in [0, 0.05) is 21.6 Å². The zero-order chi connectivity index (χ0) is 24.9. The predicted molar refractivity (Wildman–Crippen MR) is 131 cm³/mol. The summed E-state index contributed by atoms with van der Waals surface area (Å²) in [7, 11) is 1.20. The zero-order valence-electron chi connectivity index (χ0n) is 19.3. The van der Waals surface area contributed by atoms with E-state index in [1.54, 1.807) is 39.0 Å². The van der Waals surface area contributed by atoms with Crippen LogP contribution in [0.4, 0.5) is 9.59 Å². The molecule has 8 nitrogen and oxygen atoms in total. The highest BCUT2D eigenvalue weighted by molar-refractivity contribution is 9.10. The number of hydrogen-bond donors (Lipinski definition) is 1. The van der Waals surface area contributed by atoms with Crippen LogP contribution in [0.15, 0.2) is 64.9 Å². The first-order chi connectivity index (χ1) is 16.1. The van der Waals surface area contributed by atoms with E-state index < -0.39 is 23.8 Å². The number of esters is 1. The zero-order valence-corrected chi connectivity index (χ0v) is 20.8. The van der Waals surface area contributed by atoms with Crippen LogP contribution in [0.25, 0.3) is 17.0 Å². The molecule has 0 unspecified atom stereocenters. The van der Waals surface area contributed by atoms with Gasteiger partial charge in [-0.3, -0.25) is 9.88 Å². The number of carbonyl (C=O) groups is 3. The molecular formula is C25H25BrN2O6. The highest BCUT2D eigenvalue weighted by Gasteiger charge is 2.22. The maximum Gasteiger partial charge on any atom is 0.419 e. The van der Waals surface area contributed by atoms with Gasteiger partial charge in [-0.2, -0.15) is 0 Å². The fraction of sp³-hybridized carbons (Fsp3) is 0.240. The van der Waals surface area contributed by atoms with Gasteiger partial charge >= 0.3 is 18.2 Å². The highest BCUT2D eigenvalue weighted by Crippen LogP contribution is 2.27. The van der Waals surface area contributed by atoms with E-state index in [1.807, 2.05) is 30.3 Å². The molecule has 0 aliphatic heterocycles. The minimum Gasteiger partial charge on any atom is -0.464 e. The third-order valence-electron chi connectivity index (χ3n) is 4.54. The number of alkyl carbamates (subject to hydrolysis) is 1. The molecule has 0 saturated carbocycles. The molecule has 0 saturated heterocycles. The molecule has 2 aromatic carbocycles. The van der Waals surface area contributed by atoms with E-state index >= 15 is 0 Å². The van der Waals surface area contributed by atoms with E-state index in [9.17, 15) is 14.4 Å². The Kier molecular flexibility index (Phi) is 7.78. The third kappa shape index (κ3) is 6.48. The lowest BCUT2D eigenvalue weighted by Gasteiger charge is -2.19. The third-order valence-corrected chi connectivity index (χ3v) is 5.04. The van der Waals surface area contributed by atoms with Gasteiger partial charge in [-0.1, -0.05) is 52.3 Å². The van der Waals surface area contributed by atoms with Gasteiger partial charge in [-0.15, -0.1) is 0 Å². The first-order valence-corrected chi connectivity index (χ1v) is 11.2. The summed E-state index contributed by atoms with van der Waals surface area (Å²) < 4.78 is 17.6. The van der Waals surface area contributed by atoms with E-state index in [-0.39, 0.29) is 12.3 Å². The Bertz CT molecular complexity index is 1240. The second kappa shape index (κ2) is 10.6. The number of amides is 1. The van der Waals surface area contributed by atoms with Crippen molar-refractivity contribution in [3.8, 4) is 0 Å². The molecule has 0 aliphatic carbocycles. The van der Waals surface area contributed by atoms with Crippen molar-refractivity contribution >= 4 is 51.1 Å². The molecule has 9 heteroatoms. The Morgan fingerprint density at radius 2 is 1.79 bits per heavy atom. The number of ether oxygens (including phenoxy) is 3. The van der Waals surface area contributed by atoms with Crippen molar-refractivity contribution in [2.45, 2.75) is 33.0 Å². The Balaban J connectivity index is 1.93. The highest BCUT2D eigenvalue weighted by atomic mass is 79.9. The SMILES string of the molecule is COC(=O)/C(=C/c1cn(C(=O)OC(C)(C)C)c2cc(Br)ccc12)NC(=O)OCc1ccccc1. The number of nitrogens with zero attached hydrogens (tertiary/aromatic N) is 1. The Morgan fingerprint density at radius 3 is 2.44 bits per heavy atom. The maximum atomic E-state index is 12.8. The summed E-state index contributed by atoms with van der Waals surface area (Å²) in [4.78, 5) is 37.5. The number of hydrogen-bond acceptors (Lipinski definition) is 6. The second-order valence-corrected chi connectivity index (χ2v) is 9.25. The quantitative estimate of drug-likeness (QED) is 0.262. The number of fused-ring (bicyclic) bond motifs is 1. The van der Waals surface area contributed by atoms with E-state index in [1.165, 1.54) is 23.9 Å². The molecule has 3 rings (SSSR count). The monoisotopic (exact) mass is 528 g/mol. The summed E-state index contributed by atoms with van der Waals surface area (Å²) in [6, 6.07) is 14.5. The van der Waals surface area contributed by atoms with Gasteiger partial charge < -0.3 is 14.2 Å². The van der Waals surface area contributed by atoms with Crippen LogP contribution in [0, 0.1) is 0 Å². The summed E-state index contributed by atoms with van der Waals surface area (Å²) in [6.45, 7) is 5.35. The van der Waals surface area contributed by atoms with Crippen LogP contribution in [0.3, 0.4) is 0 Å². The smallest absolute Gasteiger partial charge is 0.419 e. The first kappa shape index (κ1) is 25.0. The van der Waals surface area contributed by atoms with Crippen LogP contribution in [0.1, 0.15) is 31.9 Å². The molecule has 1 amide bonds. The van der Waals surface area contributed by atoms with Gasteiger partial charge in [-0.05, 0) is 44.5 Å². The predicted octanol–water partition coefficient (Wildman–Crippen LogP) is 5.63. The average molecular weight is 529 g/mol. The number of carbonyl (C=O) groups excluding carboxylic acids is 3. The Morgan fingerprint density at radius 1 is 1.09 bits per heavy atom. The lowest BCUT2D eigenvalue weighted by atomic mass is 10.1. The molecule has 0 atom stereocenters. The Labute approximate surface area is 205 Å². The summed E-state index contributed by atoms with van der Waals surface area (Å²) in [5.41, 5.74) is 1.01. The van der Waals surface area contributed by atoms with Crippen molar-refractivity contribution in [2.24, 2.45) is 0 Å². The van der Waals surface area contributed by atoms with Crippen LogP contribution >= 0.6 is 15.9 Å². The van der Waals surface area contributed by atoms with Crippen LogP contribution in [-0.2, 0) is 25.6 Å². The summed E-state index contributed by atoms with van der Waals surface area (Å²) in [5.74, 6) is -0.771. The van der Waals surface area contributed by atoms with Gasteiger partial charge in [0.1, 0.15) is 17.9 Å². The van der Waals surface area contributed by atoms with Crippen LogP contribution < -0.4 is 5.32 Å². The van der Waals surface area contributed by atoms with Crippen LogP contribution in [0.2, 0.25) is 0 Å². The molecule has 3 aromatic rings. The fourth-order valence-electron chi connectivity index (χ4n) is 3.08. The molecule has 0 bridgehead atoms. The van der Waals surface area contributed by atoms with Crippen molar-refractivity contribution in [1.82, 2.24) is 9.88 Å². The molecule has 178 valence electrons. The number of benzene rings is 2. The largest absolute Gasteiger partial charge is 0.464 e. The standard InChI is InChI=1S/C25H25BrN2O6/c1-25(2,3)34-24(31)28-14-17(19-11-10-18(26)13-21(19)28)12-20(22(29)32-4)27-23(30)33-15-16-8-6-5-7-9-16/h5-14H,15H2,1-4H3,(H,27,30)/b20-12-. The van der Waals surface area contributed by atoms with Crippen molar-refractivity contribution in [3.63, 3.8) is 0 Å². The van der Waals surface area contributed by atoms with Crippen molar-refractivity contribution in [3.05, 3.63) is 76.0 Å². The molecular weight excluding hydrogens is 504 g/mol. The molecule has 34 heavy (non-hydrogen) atoms. The topological polar surface area (TPSA) is 95.9 Å². The van der Waals surface area contributed by atoms with E-state index in [2.05, 4.69) is 21.2 Å².